The van der Waals surface area contributed by atoms with Gasteiger partial charge in [0.2, 0.25) is 0 Å². The molecule has 0 aromatic heterocycles. The number of hydrogen-bond acceptors (Lipinski definition) is 4. The standard InChI is InChI=1S/C20H26ClIO4/c1-19(2,3)15-7-11-17(12-8-15)22(26-21(23,24)25)18-13-9-16(10-14-18)20(4,5)6/h7-14H,1-6H3. The van der Waals surface area contributed by atoms with E-state index >= 15 is 0 Å². The maximum atomic E-state index is 11.3. The molecule has 0 aliphatic rings. The summed E-state index contributed by atoms with van der Waals surface area (Å²) in [4.78, 5) is 0. The molecule has 0 bridgehead atoms. The molecule has 0 saturated heterocycles. The fourth-order valence-electron chi connectivity index (χ4n) is 2.39. The summed E-state index contributed by atoms with van der Waals surface area (Å²) in [5, 5.41) is 0. The normalized spacial score (nSPS) is 13.7. The Balaban J connectivity index is 2.41. The third kappa shape index (κ3) is 5.90. The Morgan fingerprint density at radius 1 is 0.654 bits per heavy atom. The van der Waals surface area contributed by atoms with E-state index in [9.17, 15) is 14.0 Å². The average Bonchev–Trinajstić information content (AvgIpc) is 2.50. The van der Waals surface area contributed by atoms with Crippen LogP contribution >= 0.6 is 20.2 Å². The van der Waals surface area contributed by atoms with Crippen LogP contribution in [0.1, 0.15) is 52.7 Å². The molecule has 2 aromatic carbocycles. The molecule has 2 rings (SSSR count). The molecule has 0 amide bonds. The zero-order valence-corrected chi connectivity index (χ0v) is 18.9. The molecule has 0 heterocycles. The van der Waals surface area contributed by atoms with Crippen molar-refractivity contribution >= 4 is 20.2 Å². The summed E-state index contributed by atoms with van der Waals surface area (Å²) in [6.45, 7) is 12.7. The fraction of sp³-hybridized carbons (Fsp3) is 0.400. The summed E-state index contributed by atoms with van der Waals surface area (Å²) in [5.41, 5.74) is 2.27. The van der Waals surface area contributed by atoms with E-state index in [0.717, 1.165) is 18.3 Å². The zero-order chi connectivity index (χ0) is 19.8. The maximum absolute atomic E-state index is 11.3. The predicted molar refractivity (Wildman–Crippen MR) is 103 cm³/mol. The van der Waals surface area contributed by atoms with Crippen LogP contribution in [0, 0.1) is 17.4 Å². The van der Waals surface area contributed by atoms with Gasteiger partial charge in [0.15, 0.2) is 0 Å². The fourth-order valence-corrected chi connectivity index (χ4v) is 7.79. The van der Waals surface area contributed by atoms with Crippen LogP contribution in [0.4, 0.5) is 0 Å². The van der Waals surface area contributed by atoms with Gasteiger partial charge in [0.05, 0.1) is 0 Å². The first-order valence-corrected chi connectivity index (χ1v) is 12.6. The molecule has 4 nitrogen and oxygen atoms in total. The summed E-state index contributed by atoms with van der Waals surface area (Å²) in [5.74, 6) is 0. The van der Waals surface area contributed by atoms with Crippen molar-refractivity contribution in [3.63, 3.8) is 0 Å². The third-order valence-electron chi connectivity index (χ3n) is 3.95. The van der Waals surface area contributed by atoms with Crippen molar-refractivity contribution in [3.8, 4) is 0 Å². The van der Waals surface area contributed by atoms with Gasteiger partial charge in [0, 0.05) is 0 Å². The van der Waals surface area contributed by atoms with Crippen LogP contribution in [-0.4, -0.2) is 0 Å². The van der Waals surface area contributed by atoms with Crippen LogP contribution in [0.25, 0.3) is 0 Å². The molecule has 0 spiro atoms. The van der Waals surface area contributed by atoms with Crippen molar-refractivity contribution in [1.29, 1.82) is 0 Å². The van der Waals surface area contributed by atoms with E-state index in [0.29, 0.717) is 0 Å². The second kappa shape index (κ2) is 7.73. The molecule has 0 radical (unpaired) electrons. The molecule has 0 aliphatic carbocycles. The summed E-state index contributed by atoms with van der Waals surface area (Å²) in [7, 11) is -4.48. The van der Waals surface area contributed by atoms with Gasteiger partial charge in [0.1, 0.15) is 0 Å². The van der Waals surface area contributed by atoms with Gasteiger partial charge in [-0.05, 0) is 0 Å². The van der Waals surface area contributed by atoms with E-state index in [-0.39, 0.29) is 10.8 Å². The van der Waals surface area contributed by atoms with Gasteiger partial charge in [-0.3, -0.25) is 0 Å². The number of halogens is 2. The van der Waals surface area contributed by atoms with E-state index in [1.165, 1.54) is 0 Å². The Morgan fingerprint density at radius 3 is 1.19 bits per heavy atom. The topological polar surface area (TPSA) is 78.4 Å². The minimum absolute atomic E-state index is 0.00432. The SMILES string of the molecule is CC(C)(C)c1ccc(I(O[Cl+3]([O-])([O-])[O-])c2ccc(C(C)(C)C)cc2)cc1. The van der Waals surface area contributed by atoms with Crippen molar-refractivity contribution in [2.75, 3.05) is 0 Å². The summed E-state index contributed by atoms with van der Waals surface area (Å²) >= 11 is -2.85. The molecular formula is C20H26ClIO4. The first-order chi connectivity index (χ1) is 11.8. The Bertz CT molecular complexity index is 665. The molecule has 2 aromatic rings. The van der Waals surface area contributed by atoms with Gasteiger partial charge in [-0.15, -0.1) is 0 Å². The van der Waals surface area contributed by atoms with E-state index in [1.54, 1.807) is 0 Å². The molecule has 144 valence electrons. The Labute approximate surface area is 165 Å². The molecule has 0 N–H and O–H groups in total. The molecular weight excluding hydrogens is 467 g/mol. The van der Waals surface area contributed by atoms with Crippen LogP contribution in [0.5, 0.6) is 0 Å². The van der Waals surface area contributed by atoms with Crippen molar-refractivity contribution in [3.05, 3.63) is 66.8 Å². The van der Waals surface area contributed by atoms with Crippen molar-refractivity contribution in [1.82, 2.24) is 0 Å². The molecule has 0 atom stereocenters. The van der Waals surface area contributed by atoms with Gasteiger partial charge in [-0.25, -0.2) is 0 Å². The van der Waals surface area contributed by atoms with Gasteiger partial charge in [-0.2, -0.15) is 0 Å². The van der Waals surface area contributed by atoms with Crippen molar-refractivity contribution in [2.24, 2.45) is 0 Å². The summed E-state index contributed by atoms with van der Waals surface area (Å²) in [6, 6.07) is 15.4. The van der Waals surface area contributed by atoms with E-state index < -0.39 is 30.5 Å². The van der Waals surface area contributed by atoms with Crippen LogP contribution in [0.15, 0.2) is 48.5 Å². The van der Waals surface area contributed by atoms with Gasteiger partial charge >= 0.3 is 166 Å². The predicted octanol–water partition coefficient (Wildman–Crippen LogP) is 2.66. The molecule has 0 saturated carbocycles. The van der Waals surface area contributed by atoms with E-state index in [4.69, 9.17) is 2.62 Å². The molecule has 26 heavy (non-hydrogen) atoms. The quantitative estimate of drug-likeness (QED) is 0.615. The first kappa shape index (κ1) is 21.6. The number of rotatable bonds is 4. The molecule has 0 aliphatic heterocycles. The minimum atomic E-state index is -4.48. The van der Waals surface area contributed by atoms with Gasteiger partial charge < -0.3 is 0 Å². The second-order valence-electron chi connectivity index (χ2n) is 8.20. The van der Waals surface area contributed by atoms with Crippen LogP contribution in [0.2, 0.25) is 0 Å². The molecule has 0 fully saturated rings. The Hall–Kier alpha value is -0.700. The number of hydrogen-bond donors (Lipinski definition) is 0. The summed E-state index contributed by atoms with van der Waals surface area (Å²) < 4.78 is 40.4. The van der Waals surface area contributed by atoms with Crippen LogP contribution < -0.4 is 14.0 Å². The third-order valence-corrected chi connectivity index (χ3v) is 10.1. The van der Waals surface area contributed by atoms with Crippen molar-refractivity contribution in [2.45, 2.75) is 52.4 Å². The average molecular weight is 493 g/mol. The summed E-state index contributed by atoms with van der Waals surface area (Å²) in [6.07, 6.45) is 0. The molecule has 0 unspecified atom stereocenters. The Kier molecular flexibility index (Phi) is 6.42. The van der Waals surface area contributed by atoms with Crippen molar-refractivity contribution < 1.29 is 26.8 Å². The number of benzene rings is 2. The Morgan fingerprint density at radius 2 is 0.962 bits per heavy atom. The van der Waals surface area contributed by atoms with E-state index in [2.05, 4.69) is 41.5 Å². The second-order valence-corrected chi connectivity index (χ2v) is 14.0. The van der Waals surface area contributed by atoms with Crippen LogP contribution in [-0.2, 0) is 13.4 Å². The molecule has 6 heteroatoms. The monoisotopic (exact) mass is 492 g/mol. The zero-order valence-electron chi connectivity index (χ0n) is 16.0. The van der Waals surface area contributed by atoms with Gasteiger partial charge in [0.25, 0.3) is 0 Å². The van der Waals surface area contributed by atoms with E-state index in [1.807, 2.05) is 48.5 Å². The first-order valence-electron chi connectivity index (χ1n) is 8.29. The van der Waals surface area contributed by atoms with Gasteiger partial charge in [-0.1, -0.05) is 0 Å². The van der Waals surface area contributed by atoms with Crippen LogP contribution in [0.3, 0.4) is 0 Å².